The standard InChI is InChI=1S/C11H11N5O4S/c17-11(18)6-3-8-1-4-9(5-2-8)21(19,20)12-7-10-13-15-16-14-10/h1-6,12H,7H2,(H,17,18)(H,13,14,15,16). The van der Waals surface area contributed by atoms with Crippen LogP contribution in [-0.4, -0.2) is 40.1 Å². The second-order valence-electron chi connectivity index (χ2n) is 3.89. The van der Waals surface area contributed by atoms with Crippen LogP contribution in [0, 0.1) is 0 Å². The molecule has 1 aromatic carbocycles. The molecular formula is C11H11N5O4S. The fourth-order valence-corrected chi connectivity index (χ4v) is 2.41. The van der Waals surface area contributed by atoms with Crippen LogP contribution in [0.2, 0.25) is 0 Å². The monoisotopic (exact) mass is 309 g/mol. The number of carboxylic acid groups (broad SMARTS) is 1. The number of H-pyrrole nitrogens is 1. The number of hydrogen-bond acceptors (Lipinski definition) is 6. The summed E-state index contributed by atoms with van der Waals surface area (Å²) in [5.74, 6) is -0.854. The smallest absolute Gasteiger partial charge is 0.328 e. The first-order valence-electron chi connectivity index (χ1n) is 5.70. The first-order chi connectivity index (χ1) is 9.97. The van der Waals surface area contributed by atoms with Crippen molar-refractivity contribution in [3.8, 4) is 0 Å². The minimum Gasteiger partial charge on any atom is -0.478 e. The van der Waals surface area contributed by atoms with Gasteiger partial charge in [-0.1, -0.05) is 17.3 Å². The molecule has 0 atom stereocenters. The van der Waals surface area contributed by atoms with Crippen molar-refractivity contribution in [2.45, 2.75) is 11.4 Å². The number of nitrogens with one attached hydrogen (secondary N) is 2. The van der Waals surface area contributed by atoms with Gasteiger partial charge >= 0.3 is 5.97 Å². The molecule has 3 N–H and O–H groups in total. The molecular weight excluding hydrogens is 298 g/mol. The van der Waals surface area contributed by atoms with Gasteiger partial charge in [0.1, 0.15) is 0 Å². The molecule has 0 saturated carbocycles. The lowest BCUT2D eigenvalue weighted by Gasteiger charge is -2.04. The summed E-state index contributed by atoms with van der Waals surface area (Å²) in [6, 6.07) is 5.75. The van der Waals surface area contributed by atoms with E-state index in [1.54, 1.807) is 0 Å². The molecule has 1 aromatic heterocycles. The lowest BCUT2D eigenvalue weighted by molar-refractivity contribution is -0.131. The van der Waals surface area contributed by atoms with Crippen LogP contribution < -0.4 is 4.72 Å². The Bertz CT molecular complexity index is 737. The van der Waals surface area contributed by atoms with Gasteiger partial charge in [0.15, 0.2) is 5.82 Å². The second kappa shape index (κ2) is 6.24. The Hall–Kier alpha value is -2.59. The van der Waals surface area contributed by atoms with Crippen molar-refractivity contribution in [2.24, 2.45) is 0 Å². The highest BCUT2D eigenvalue weighted by Gasteiger charge is 2.14. The van der Waals surface area contributed by atoms with Gasteiger partial charge < -0.3 is 5.11 Å². The average molecular weight is 309 g/mol. The first kappa shape index (κ1) is 14.8. The molecule has 0 aliphatic carbocycles. The van der Waals surface area contributed by atoms with Crippen molar-refractivity contribution in [3.05, 3.63) is 41.7 Å². The van der Waals surface area contributed by atoms with Crippen LogP contribution >= 0.6 is 0 Å². The Labute approximate surface area is 119 Å². The largest absolute Gasteiger partial charge is 0.478 e. The highest BCUT2D eigenvalue weighted by Crippen LogP contribution is 2.11. The summed E-state index contributed by atoms with van der Waals surface area (Å²) >= 11 is 0. The normalized spacial score (nSPS) is 11.8. The number of aromatic nitrogens is 4. The molecule has 0 amide bonds. The quantitative estimate of drug-likeness (QED) is 0.627. The number of nitrogens with zero attached hydrogens (tertiary/aromatic N) is 3. The van der Waals surface area contributed by atoms with E-state index in [1.165, 1.54) is 30.3 Å². The summed E-state index contributed by atoms with van der Waals surface area (Å²) in [5, 5.41) is 21.3. The van der Waals surface area contributed by atoms with Crippen molar-refractivity contribution in [1.82, 2.24) is 25.3 Å². The maximum absolute atomic E-state index is 12.0. The van der Waals surface area contributed by atoms with Crippen LogP contribution in [0.4, 0.5) is 0 Å². The molecule has 0 aliphatic heterocycles. The zero-order valence-corrected chi connectivity index (χ0v) is 11.4. The summed E-state index contributed by atoms with van der Waals surface area (Å²) in [6.07, 6.45) is 2.34. The Morgan fingerprint density at radius 2 is 2.05 bits per heavy atom. The lowest BCUT2D eigenvalue weighted by atomic mass is 10.2. The van der Waals surface area contributed by atoms with E-state index in [4.69, 9.17) is 5.11 Å². The Balaban J connectivity index is 2.08. The fourth-order valence-electron chi connectivity index (χ4n) is 1.43. The van der Waals surface area contributed by atoms with Crippen molar-refractivity contribution >= 4 is 22.1 Å². The van der Waals surface area contributed by atoms with Crippen LogP contribution in [0.1, 0.15) is 11.4 Å². The minimum absolute atomic E-state index is 0.0541. The Morgan fingerprint density at radius 3 is 2.62 bits per heavy atom. The molecule has 9 nitrogen and oxygen atoms in total. The Morgan fingerprint density at radius 1 is 1.33 bits per heavy atom. The van der Waals surface area contributed by atoms with Gasteiger partial charge in [-0.05, 0) is 23.8 Å². The highest BCUT2D eigenvalue weighted by molar-refractivity contribution is 7.89. The lowest BCUT2D eigenvalue weighted by Crippen LogP contribution is -2.23. The summed E-state index contributed by atoms with van der Waals surface area (Å²) in [5.41, 5.74) is 0.578. The van der Waals surface area contributed by atoms with Crippen LogP contribution in [0.3, 0.4) is 0 Å². The molecule has 2 aromatic rings. The topological polar surface area (TPSA) is 138 Å². The zero-order valence-electron chi connectivity index (χ0n) is 10.6. The predicted octanol–water partition coefficient (Wildman–Crippen LogP) is -0.224. The van der Waals surface area contributed by atoms with E-state index < -0.39 is 16.0 Å². The van der Waals surface area contributed by atoms with E-state index in [-0.39, 0.29) is 17.3 Å². The number of carbonyl (C=O) groups is 1. The van der Waals surface area contributed by atoms with Crippen molar-refractivity contribution in [2.75, 3.05) is 0 Å². The molecule has 10 heteroatoms. The molecule has 0 aliphatic rings. The number of hydrogen-bond donors (Lipinski definition) is 3. The number of carboxylic acids is 1. The number of benzene rings is 1. The number of aliphatic carboxylic acids is 1. The van der Waals surface area contributed by atoms with Crippen LogP contribution in [0.15, 0.2) is 35.2 Å². The number of sulfonamides is 1. The zero-order chi connectivity index (χ0) is 15.3. The molecule has 0 fully saturated rings. The third-order valence-electron chi connectivity index (χ3n) is 2.42. The summed E-state index contributed by atoms with van der Waals surface area (Å²) < 4.78 is 26.3. The summed E-state index contributed by atoms with van der Waals surface area (Å²) in [6.45, 7) is -0.0838. The molecule has 2 rings (SSSR count). The van der Waals surface area contributed by atoms with Gasteiger partial charge in [-0.3, -0.25) is 0 Å². The molecule has 0 radical (unpaired) electrons. The fraction of sp³-hybridized carbons (Fsp3) is 0.0909. The minimum atomic E-state index is -3.70. The van der Waals surface area contributed by atoms with Crippen molar-refractivity contribution in [1.29, 1.82) is 0 Å². The third-order valence-corrected chi connectivity index (χ3v) is 3.84. The maximum Gasteiger partial charge on any atom is 0.328 e. The molecule has 110 valence electrons. The maximum atomic E-state index is 12.0. The molecule has 1 heterocycles. The van der Waals surface area contributed by atoms with Gasteiger partial charge in [0.25, 0.3) is 0 Å². The van der Waals surface area contributed by atoms with E-state index >= 15 is 0 Å². The van der Waals surface area contributed by atoms with E-state index in [0.717, 1.165) is 6.08 Å². The Kier molecular flexibility index (Phi) is 4.40. The molecule has 0 spiro atoms. The van der Waals surface area contributed by atoms with E-state index in [0.29, 0.717) is 5.56 Å². The summed E-state index contributed by atoms with van der Waals surface area (Å²) in [4.78, 5) is 10.4. The summed E-state index contributed by atoms with van der Waals surface area (Å²) in [7, 11) is -3.70. The number of rotatable bonds is 6. The molecule has 0 bridgehead atoms. The number of tetrazole rings is 1. The van der Waals surface area contributed by atoms with E-state index in [2.05, 4.69) is 25.3 Å². The van der Waals surface area contributed by atoms with Gasteiger partial charge in [-0.2, -0.15) is 5.21 Å². The second-order valence-corrected chi connectivity index (χ2v) is 5.66. The highest BCUT2D eigenvalue weighted by atomic mass is 32.2. The average Bonchev–Trinajstić information content (AvgIpc) is 2.97. The molecule has 0 saturated heterocycles. The van der Waals surface area contributed by atoms with Crippen LogP contribution in [-0.2, 0) is 21.4 Å². The molecule has 21 heavy (non-hydrogen) atoms. The number of aromatic amines is 1. The van der Waals surface area contributed by atoms with Gasteiger partial charge in [0.05, 0.1) is 11.4 Å². The predicted molar refractivity (Wildman–Crippen MR) is 71.3 cm³/mol. The third kappa shape index (κ3) is 4.19. The van der Waals surface area contributed by atoms with Crippen molar-refractivity contribution in [3.63, 3.8) is 0 Å². The van der Waals surface area contributed by atoms with E-state index in [1.807, 2.05) is 0 Å². The molecule has 0 unspecified atom stereocenters. The van der Waals surface area contributed by atoms with Crippen LogP contribution in [0.25, 0.3) is 6.08 Å². The van der Waals surface area contributed by atoms with Gasteiger partial charge in [-0.25, -0.2) is 17.9 Å². The van der Waals surface area contributed by atoms with Gasteiger partial charge in [0, 0.05) is 6.08 Å². The SMILES string of the molecule is O=C(O)C=Cc1ccc(S(=O)(=O)NCc2nn[nH]n2)cc1. The van der Waals surface area contributed by atoms with Gasteiger partial charge in [0.2, 0.25) is 10.0 Å². The van der Waals surface area contributed by atoms with Crippen molar-refractivity contribution < 1.29 is 18.3 Å². The van der Waals surface area contributed by atoms with E-state index in [9.17, 15) is 13.2 Å². The van der Waals surface area contributed by atoms with Gasteiger partial charge in [-0.15, -0.1) is 10.2 Å². The van der Waals surface area contributed by atoms with Crippen LogP contribution in [0.5, 0.6) is 0 Å². The first-order valence-corrected chi connectivity index (χ1v) is 7.19.